The lowest BCUT2D eigenvalue weighted by Crippen LogP contribution is -2.17. The first-order valence-corrected chi connectivity index (χ1v) is 6.03. The Bertz CT molecular complexity index is 127. The Morgan fingerprint density at radius 1 is 1.54 bits per heavy atom. The van der Waals surface area contributed by atoms with Crippen LogP contribution in [0.3, 0.4) is 0 Å². The second-order valence-electron chi connectivity index (χ2n) is 3.17. The Labute approximate surface area is 80.7 Å². The average Bonchev–Trinajstić information content (AvgIpc) is 2.03. The lowest BCUT2D eigenvalue weighted by Gasteiger charge is -2.13. The molecular weight excluding hydrogens is 192 g/mol. The number of hydrogen-bond donors (Lipinski definition) is 2. The lowest BCUT2D eigenvalue weighted by molar-refractivity contribution is -0.0672. The van der Waals surface area contributed by atoms with Crippen LogP contribution in [-0.4, -0.2) is 47.7 Å². The van der Waals surface area contributed by atoms with Gasteiger partial charge in [-0.25, -0.2) is 4.39 Å². The highest BCUT2D eigenvalue weighted by atomic mass is 31.1. The van der Waals surface area contributed by atoms with Crippen LogP contribution in [0.15, 0.2) is 0 Å². The van der Waals surface area contributed by atoms with Gasteiger partial charge in [0.15, 0.2) is 0 Å². The summed E-state index contributed by atoms with van der Waals surface area (Å²) in [6.07, 6.45) is 0.899. The van der Waals surface area contributed by atoms with Crippen LogP contribution in [0.4, 0.5) is 4.39 Å². The molecule has 3 atom stereocenters. The SMILES string of the molecule is CPC(F)CC(O)CCCN(C)O. The summed E-state index contributed by atoms with van der Waals surface area (Å²) in [5, 5.41) is 19.2. The molecule has 0 aliphatic heterocycles. The van der Waals surface area contributed by atoms with E-state index >= 15 is 0 Å². The number of hydrogen-bond acceptors (Lipinski definition) is 3. The highest BCUT2D eigenvalue weighted by Gasteiger charge is 2.11. The monoisotopic (exact) mass is 211 g/mol. The van der Waals surface area contributed by atoms with E-state index in [0.29, 0.717) is 19.4 Å². The molecule has 80 valence electrons. The standard InChI is InChI=1S/C8H19FNO2P/c1-10(12)5-3-4-7(11)6-8(9)13-2/h7-8,11-13H,3-6H2,1-2H3. The van der Waals surface area contributed by atoms with Crippen molar-refractivity contribution in [2.45, 2.75) is 31.3 Å². The minimum absolute atomic E-state index is 0.226. The summed E-state index contributed by atoms with van der Waals surface area (Å²) in [6.45, 7) is 2.31. The van der Waals surface area contributed by atoms with Crippen molar-refractivity contribution >= 4 is 8.58 Å². The van der Waals surface area contributed by atoms with E-state index in [1.807, 2.05) is 0 Å². The molecule has 5 heteroatoms. The molecule has 0 aromatic carbocycles. The summed E-state index contributed by atoms with van der Waals surface area (Å²) < 4.78 is 12.8. The van der Waals surface area contributed by atoms with Crippen molar-refractivity contribution in [2.24, 2.45) is 0 Å². The fraction of sp³-hybridized carbons (Fsp3) is 1.00. The summed E-state index contributed by atoms with van der Waals surface area (Å²) in [4.78, 5) is 0. The Balaban J connectivity index is 3.34. The maximum atomic E-state index is 12.8. The van der Waals surface area contributed by atoms with Gasteiger partial charge < -0.3 is 10.3 Å². The average molecular weight is 211 g/mol. The normalized spacial score (nSPS) is 17.1. The molecule has 0 fully saturated rings. The maximum Gasteiger partial charge on any atom is 0.118 e. The van der Waals surface area contributed by atoms with Crippen LogP contribution in [0.1, 0.15) is 19.3 Å². The van der Waals surface area contributed by atoms with Crippen LogP contribution in [0.5, 0.6) is 0 Å². The Morgan fingerprint density at radius 2 is 2.15 bits per heavy atom. The van der Waals surface area contributed by atoms with Gasteiger partial charge in [-0.1, -0.05) is 8.58 Å². The zero-order valence-electron chi connectivity index (χ0n) is 8.20. The second-order valence-corrected chi connectivity index (χ2v) is 4.37. The molecule has 0 radical (unpaired) electrons. The number of rotatable bonds is 7. The fourth-order valence-electron chi connectivity index (χ4n) is 1.03. The molecule has 3 unspecified atom stereocenters. The van der Waals surface area contributed by atoms with Gasteiger partial charge >= 0.3 is 0 Å². The zero-order valence-corrected chi connectivity index (χ0v) is 9.20. The lowest BCUT2D eigenvalue weighted by atomic mass is 10.1. The molecule has 0 aliphatic carbocycles. The van der Waals surface area contributed by atoms with Gasteiger partial charge in [-0.3, -0.25) is 0 Å². The zero-order chi connectivity index (χ0) is 10.3. The van der Waals surface area contributed by atoms with Crippen LogP contribution in [0.2, 0.25) is 0 Å². The van der Waals surface area contributed by atoms with Crippen molar-refractivity contribution in [1.29, 1.82) is 0 Å². The molecule has 3 nitrogen and oxygen atoms in total. The molecule has 0 heterocycles. The van der Waals surface area contributed by atoms with Crippen LogP contribution in [-0.2, 0) is 0 Å². The first-order valence-electron chi connectivity index (χ1n) is 4.45. The van der Waals surface area contributed by atoms with E-state index in [-0.39, 0.29) is 15.0 Å². The molecule has 0 bridgehead atoms. The summed E-state index contributed by atoms with van der Waals surface area (Å²) in [5.74, 6) is -0.873. The number of alkyl halides is 1. The van der Waals surface area contributed by atoms with Crippen molar-refractivity contribution < 1.29 is 14.7 Å². The number of aliphatic hydroxyl groups is 1. The second kappa shape index (κ2) is 7.63. The topological polar surface area (TPSA) is 43.7 Å². The minimum Gasteiger partial charge on any atom is -0.393 e. The highest BCUT2D eigenvalue weighted by molar-refractivity contribution is 7.37. The molecule has 0 aliphatic rings. The van der Waals surface area contributed by atoms with Gasteiger partial charge in [0, 0.05) is 20.0 Å². The van der Waals surface area contributed by atoms with Crippen molar-refractivity contribution in [3.05, 3.63) is 0 Å². The van der Waals surface area contributed by atoms with Crippen molar-refractivity contribution in [3.63, 3.8) is 0 Å². The third-order valence-corrected chi connectivity index (χ3v) is 2.67. The smallest absolute Gasteiger partial charge is 0.118 e. The van der Waals surface area contributed by atoms with Crippen molar-refractivity contribution in [1.82, 2.24) is 5.06 Å². The Hall–Kier alpha value is 0.240. The van der Waals surface area contributed by atoms with Gasteiger partial charge in [-0.05, 0) is 19.5 Å². The summed E-state index contributed by atoms with van der Waals surface area (Å²) in [7, 11) is 1.79. The molecule has 0 amide bonds. The van der Waals surface area contributed by atoms with Crippen molar-refractivity contribution in [2.75, 3.05) is 20.3 Å². The van der Waals surface area contributed by atoms with E-state index in [0.717, 1.165) is 5.06 Å². The molecule has 2 N–H and O–H groups in total. The first kappa shape index (κ1) is 13.2. The number of hydroxylamine groups is 2. The van der Waals surface area contributed by atoms with Gasteiger partial charge in [-0.15, -0.1) is 0 Å². The van der Waals surface area contributed by atoms with E-state index in [9.17, 15) is 9.50 Å². The van der Waals surface area contributed by atoms with Gasteiger partial charge in [0.25, 0.3) is 0 Å². The molecule has 0 aromatic heterocycles. The summed E-state index contributed by atoms with van der Waals surface area (Å²) >= 11 is 0. The molecule has 0 spiro atoms. The Morgan fingerprint density at radius 3 is 2.62 bits per heavy atom. The number of halogens is 1. The van der Waals surface area contributed by atoms with Gasteiger partial charge in [-0.2, -0.15) is 5.06 Å². The summed E-state index contributed by atoms with van der Waals surface area (Å²) in [6, 6.07) is 0. The summed E-state index contributed by atoms with van der Waals surface area (Å²) in [5.41, 5.74) is 0. The first-order chi connectivity index (χ1) is 6.06. The quantitative estimate of drug-likeness (QED) is 0.494. The van der Waals surface area contributed by atoms with Crippen LogP contribution < -0.4 is 0 Å². The van der Waals surface area contributed by atoms with Gasteiger partial charge in [0.05, 0.1) is 6.10 Å². The third-order valence-electron chi connectivity index (χ3n) is 1.81. The Kier molecular flexibility index (Phi) is 7.77. The van der Waals surface area contributed by atoms with E-state index in [1.165, 1.54) is 0 Å². The van der Waals surface area contributed by atoms with E-state index < -0.39 is 12.0 Å². The maximum absolute atomic E-state index is 12.8. The third kappa shape index (κ3) is 8.57. The van der Waals surface area contributed by atoms with Crippen molar-refractivity contribution in [3.8, 4) is 0 Å². The van der Waals surface area contributed by atoms with E-state index in [2.05, 4.69) is 0 Å². The molecule has 13 heavy (non-hydrogen) atoms. The molecule has 0 saturated carbocycles. The number of aliphatic hydroxyl groups excluding tert-OH is 1. The molecular formula is C8H19FNO2P. The van der Waals surface area contributed by atoms with Crippen LogP contribution in [0, 0.1) is 0 Å². The van der Waals surface area contributed by atoms with Crippen LogP contribution in [0.25, 0.3) is 0 Å². The highest BCUT2D eigenvalue weighted by Crippen LogP contribution is 2.21. The molecule has 0 saturated heterocycles. The predicted octanol–water partition coefficient (Wildman–Crippen LogP) is 1.44. The minimum atomic E-state index is -0.873. The van der Waals surface area contributed by atoms with E-state index in [4.69, 9.17) is 5.21 Å². The number of nitrogens with zero attached hydrogens (tertiary/aromatic N) is 1. The van der Waals surface area contributed by atoms with Crippen LogP contribution >= 0.6 is 8.58 Å². The largest absolute Gasteiger partial charge is 0.393 e. The fourth-order valence-corrected chi connectivity index (χ4v) is 1.54. The molecule has 0 aromatic rings. The van der Waals surface area contributed by atoms with E-state index in [1.54, 1.807) is 13.7 Å². The molecule has 0 rings (SSSR count). The van der Waals surface area contributed by atoms with Gasteiger partial charge in [0.1, 0.15) is 5.91 Å². The van der Waals surface area contributed by atoms with Gasteiger partial charge in [0.2, 0.25) is 0 Å². The predicted molar refractivity (Wildman–Crippen MR) is 53.4 cm³/mol.